The number of anilines is 3. The van der Waals surface area contributed by atoms with Crippen molar-refractivity contribution in [3.05, 3.63) is 194 Å². The van der Waals surface area contributed by atoms with Gasteiger partial charge in [-0.15, -0.1) is 11.3 Å². The first-order valence-corrected chi connectivity index (χ1v) is 18.6. The van der Waals surface area contributed by atoms with E-state index in [4.69, 9.17) is 9.40 Å². The monoisotopic (exact) mass is 696 g/mol. The molecule has 0 unspecified atom stereocenters. The molecular formula is C49H32N2OS. The van der Waals surface area contributed by atoms with Crippen LogP contribution in [0, 0.1) is 0 Å². The number of hydrogen-bond donors (Lipinski definition) is 0. The molecule has 2 heterocycles. The van der Waals surface area contributed by atoms with Crippen LogP contribution in [0.3, 0.4) is 0 Å². The Labute approximate surface area is 311 Å². The van der Waals surface area contributed by atoms with Crippen LogP contribution >= 0.6 is 11.3 Å². The molecule has 10 rings (SSSR count). The molecule has 8 aromatic carbocycles. The van der Waals surface area contributed by atoms with Crippen LogP contribution in [-0.4, -0.2) is 4.98 Å². The van der Waals surface area contributed by atoms with Gasteiger partial charge in [-0.25, -0.2) is 4.98 Å². The lowest BCUT2D eigenvalue weighted by Gasteiger charge is -2.26. The van der Waals surface area contributed by atoms with Crippen molar-refractivity contribution in [3.8, 4) is 44.8 Å². The second-order valence-electron chi connectivity index (χ2n) is 13.2. The summed E-state index contributed by atoms with van der Waals surface area (Å²) >= 11 is 1.81. The quantitative estimate of drug-likeness (QED) is 0.166. The summed E-state index contributed by atoms with van der Waals surface area (Å²) in [6.45, 7) is 0. The van der Waals surface area contributed by atoms with Crippen LogP contribution in [0.25, 0.3) is 76.1 Å². The summed E-state index contributed by atoms with van der Waals surface area (Å²) in [6, 6.07) is 68.7. The number of nitrogens with zero attached hydrogens (tertiary/aromatic N) is 2. The summed E-state index contributed by atoms with van der Waals surface area (Å²) in [4.78, 5) is 7.35. The van der Waals surface area contributed by atoms with Gasteiger partial charge < -0.3 is 9.32 Å². The van der Waals surface area contributed by atoms with Gasteiger partial charge in [0.1, 0.15) is 5.52 Å². The second-order valence-corrected chi connectivity index (χ2v) is 14.2. The standard InChI is InChI=1S/C49H32N2OS/c1-4-12-33(13-5-1)35-22-26-39(27-23-35)51(41-19-10-18-38(32-41)34-14-6-2-7-15-34)40-28-24-36(25-29-40)42-20-11-21-43-46-45(53-48(42)43)31-30-44-47(46)50-49(52-44)37-16-8-3-9-17-37/h1-32H. The van der Waals surface area contributed by atoms with E-state index in [1.165, 1.54) is 48.2 Å². The molecule has 0 radical (unpaired) electrons. The summed E-state index contributed by atoms with van der Waals surface area (Å²) in [7, 11) is 0. The maximum atomic E-state index is 6.25. The van der Waals surface area contributed by atoms with Gasteiger partial charge in [0.25, 0.3) is 0 Å². The predicted octanol–water partition coefficient (Wildman–Crippen LogP) is 14.3. The maximum Gasteiger partial charge on any atom is 0.227 e. The third kappa shape index (κ3) is 5.66. The van der Waals surface area contributed by atoms with E-state index < -0.39 is 0 Å². The maximum absolute atomic E-state index is 6.25. The molecule has 2 aromatic heterocycles. The highest BCUT2D eigenvalue weighted by Gasteiger charge is 2.18. The molecule has 53 heavy (non-hydrogen) atoms. The van der Waals surface area contributed by atoms with Crippen molar-refractivity contribution in [1.82, 2.24) is 4.98 Å². The van der Waals surface area contributed by atoms with Crippen LogP contribution in [0.15, 0.2) is 199 Å². The molecule has 0 aliphatic carbocycles. The van der Waals surface area contributed by atoms with Crippen LogP contribution < -0.4 is 4.90 Å². The topological polar surface area (TPSA) is 29.3 Å². The zero-order valence-electron chi connectivity index (χ0n) is 28.7. The van der Waals surface area contributed by atoms with Gasteiger partial charge in [-0.3, -0.25) is 0 Å². The predicted molar refractivity (Wildman–Crippen MR) is 223 cm³/mol. The fraction of sp³-hybridized carbons (Fsp3) is 0. The first-order valence-electron chi connectivity index (χ1n) is 17.8. The molecule has 0 atom stereocenters. The number of hydrogen-bond acceptors (Lipinski definition) is 4. The van der Waals surface area contributed by atoms with E-state index >= 15 is 0 Å². The van der Waals surface area contributed by atoms with E-state index in [-0.39, 0.29) is 0 Å². The van der Waals surface area contributed by atoms with Crippen LogP contribution in [0.2, 0.25) is 0 Å². The van der Waals surface area contributed by atoms with Crippen molar-refractivity contribution in [1.29, 1.82) is 0 Å². The number of rotatable bonds is 7. The van der Waals surface area contributed by atoms with Gasteiger partial charge in [-0.2, -0.15) is 0 Å². The fourth-order valence-electron chi connectivity index (χ4n) is 7.33. The lowest BCUT2D eigenvalue weighted by atomic mass is 10.0. The van der Waals surface area contributed by atoms with Gasteiger partial charge in [0.05, 0.1) is 0 Å². The average Bonchev–Trinajstić information content (AvgIpc) is 3.85. The molecule has 0 amide bonds. The van der Waals surface area contributed by atoms with Crippen molar-refractivity contribution in [2.45, 2.75) is 0 Å². The van der Waals surface area contributed by atoms with Gasteiger partial charge in [0.15, 0.2) is 5.58 Å². The number of fused-ring (bicyclic) bond motifs is 5. The Kier molecular flexibility index (Phi) is 7.67. The van der Waals surface area contributed by atoms with Gasteiger partial charge in [-0.1, -0.05) is 133 Å². The third-order valence-electron chi connectivity index (χ3n) is 9.92. The molecule has 0 spiro atoms. The Bertz CT molecular complexity index is 2860. The summed E-state index contributed by atoms with van der Waals surface area (Å²) in [5, 5.41) is 2.35. The smallest absolute Gasteiger partial charge is 0.227 e. The van der Waals surface area contributed by atoms with Crippen molar-refractivity contribution in [3.63, 3.8) is 0 Å². The van der Waals surface area contributed by atoms with E-state index in [9.17, 15) is 0 Å². The summed E-state index contributed by atoms with van der Waals surface area (Å²) in [5.74, 6) is 0.646. The second kappa shape index (κ2) is 13.1. The van der Waals surface area contributed by atoms with E-state index in [1.807, 2.05) is 41.7 Å². The SMILES string of the molecule is c1ccc(-c2ccc(N(c3ccc(-c4cccc5c4sc4ccc6oc(-c7ccccc7)nc6c45)cc3)c3cccc(-c4ccccc4)c3)cc2)cc1. The van der Waals surface area contributed by atoms with Crippen molar-refractivity contribution in [2.75, 3.05) is 4.90 Å². The Balaban J connectivity index is 1.06. The summed E-state index contributed by atoms with van der Waals surface area (Å²) in [6.07, 6.45) is 0. The van der Waals surface area contributed by atoms with Crippen LogP contribution in [-0.2, 0) is 0 Å². The Morgan fingerprint density at radius 2 is 1.00 bits per heavy atom. The van der Waals surface area contributed by atoms with Crippen LogP contribution in [0.1, 0.15) is 0 Å². The minimum atomic E-state index is 0.646. The van der Waals surface area contributed by atoms with Gasteiger partial charge in [0.2, 0.25) is 5.89 Å². The lowest BCUT2D eigenvalue weighted by molar-refractivity contribution is 0.620. The summed E-state index contributed by atoms with van der Waals surface area (Å²) in [5.41, 5.74) is 13.1. The Hall–Kier alpha value is -6.75. The molecule has 0 saturated heterocycles. The number of benzene rings is 8. The molecule has 10 aromatic rings. The molecule has 0 N–H and O–H groups in total. The molecular weight excluding hydrogens is 665 g/mol. The number of thiophene rings is 1. The van der Waals surface area contributed by atoms with E-state index in [0.717, 1.165) is 39.1 Å². The zero-order chi connectivity index (χ0) is 35.1. The highest BCUT2D eigenvalue weighted by atomic mass is 32.1. The molecule has 250 valence electrons. The highest BCUT2D eigenvalue weighted by molar-refractivity contribution is 7.26. The average molecular weight is 697 g/mol. The zero-order valence-corrected chi connectivity index (χ0v) is 29.5. The normalized spacial score (nSPS) is 11.4. The number of oxazole rings is 1. The molecule has 4 heteroatoms. The number of aromatic nitrogens is 1. The third-order valence-corrected chi connectivity index (χ3v) is 11.1. The highest BCUT2D eigenvalue weighted by Crippen LogP contribution is 2.44. The van der Waals surface area contributed by atoms with E-state index in [1.54, 1.807) is 0 Å². The van der Waals surface area contributed by atoms with Crippen molar-refractivity contribution >= 4 is 59.7 Å². The van der Waals surface area contributed by atoms with Gasteiger partial charge in [0, 0.05) is 42.8 Å². The first kappa shape index (κ1) is 31.0. The molecule has 0 aliphatic heterocycles. The van der Waals surface area contributed by atoms with Crippen molar-refractivity contribution in [2.24, 2.45) is 0 Å². The molecule has 0 bridgehead atoms. The Morgan fingerprint density at radius 1 is 0.434 bits per heavy atom. The minimum Gasteiger partial charge on any atom is -0.436 e. The summed E-state index contributed by atoms with van der Waals surface area (Å²) < 4.78 is 8.70. The van der Waals surface area contributed by atoms with Gasteiger partial charge >= 0.3 is 0 Å². The van der Waals surface area contributed by atoms with Crippen molar-refractivity contribution < 1.29 is 4.42 Å². The van der Waals surface area contributed by atoms with Crippen LogP contribution in [0.4, 0.5) is 17.1 Å². The molecule has 0 saturated carbocycles. The van der Waals surface area contributed by atoms with E-state index in [2.05, 4.69) is 169 Å². The molecule has 3 nitrogen and oxygen atoms in total. The van der Waals surface area contributed by atoms with Gasteiger partial charge in [-0.05, 0) is 94.0 Å². The van der Waals surface area contributed by atoms with E-state index in [0.29, 0.717) is 5.89 Å². The first-order chi connectivity index (χ1) is 26.3. The van der Waals surface area contributed by atoms with Crippen LogP contribution in [0.5, 0.6) is 0 Å². The lowest BCUT2D eigenvalue weighted by Crippen LogP contribution is -2.10. The Morgan fingerprint density at radius 3 is 1.68 bits per heavy atom. The largest absolute Gasteiger partial charge is 0.436 e. The minimum absolute atomic E-state index is 0.646. The molecule has 0 fully saturated rings. The fourth-order valence-corrected chi connectivity index (χ4v) is 8.57. The molecule has 0 aliphatic rings.